The Morgan fingerprint density at radius 1 is 1.00 bits per heavy atom. The first-order chi connectivity index (χ1) is 9.51. The maximum atomic E-state index is 6.15. The number of aryl methyl sites for hydroxylation is 2. The fraction of sp³-hybridized carbons (Fsp3) is 0.333. The third-order valence-corrected chi connectivity index (χ3v) is 4.06. The summed E-state index contributed by atoms with van der Waals surface area (Å²) in [4.78, 5) is 0. The van der Waals surface area contributed by atoms with Gasteiger partial charge in [-0.1, -0.05) is 59.6 Å². The zero-order valence-electron chi connectivity index (χ0n) is 12.5. The SMILES string of the molecule is Cc1ccc(Oc2cc(C(C)C)ccc2C)c(CBr)c1. The first-order valence-electron chi connectivity index (χ1n) is 6.95. The maximum absolute atomic E-state index is 6.15. The zero-order chi connectivity index (χ0) is 14.7. The van der Waals surface area contributed by atoms with Crippen molar-refractivity contribution in [1.82, 2.24) is 0 Å². The van der Waals surface area contributed by atoms with E-state index in [-0.39, 0.29) is 0 Å². The summed E-state index contributed by atoms with van der Waals surface area (Å²) in [6, 6.07) is 12.8. The highest BCUT2D eigenvalue weighted by molar-refractivity contribution is 9.08. The molecule has 0 unspecified atom stereocenters. The van der Waals surface area contributed by atoms with Crippen molar-refractivity contribution in [1.29, 1.82) is 0 Å². The van der Waals surface area contributed by atoms with Crippen LogP contribution in [0.5, 0.6) is 11.5 Å². The lowest BCUT2D eigenvalue weighted by molar-refractivity contribution is 0.473. The van der Waals surface area contributed by atoms with Crippen LogP contribution in [0.4, 0.5) is 0 Å². The summed E-state index contributed by atoms with van der Waals surface area (Å²) < 4.78 is 6.15. The van der Waals surface area contributed by atoms with Crippen molar-refractivity contribution in [3.8, 4) is 11.5 Å². The second-order valence-electron chi connectivity index (χ2n) is 5.53. The first-order valence-corrected chi connectivity index (χ1v) is 8.07. The van der Waals surface area contributed by atoms with Crippen LogP contribution in [0.25, 0.3) is 0 Å². The van der Waals surface area contributed by atoms with Crippen molar-refractivity contribution in [2.24, 2.45) is 0 Å². The lowest BCUT2D eigenvalue weighted by atomic mass is 10.0. The smallest absolute Gasteiger partial charge is 0.131 e. The molecule has 0 radical (unpaired) electrons. The Balaban J connectivity index is 2.36. The van der Waals surface area contributed by atoms with Crippen LogP contribution < -0.4 is 4.74 Å². The van der Waals surface area contributed by atoms with Gasteiger partial charge in [-0.2, -0.15) is 0 Å². The fourth-order valence-electron chi connectivity index (χ4n) is 2.12. The van der Waals surface area contributed by atoms with Crippen LogP contribution in [0.3, 0.4) is 0 Å². The Morgan fingerprint density at radius 3 is 2.40 bits per heavy atom. The zero-order valence-corrected chi connectivity index (χ0v) is 14.1. The molecular weight excluding hydrogens is 312 g/mol. The van der Waals surface area contributed by atoms with Crippen LogP contribution in [0.15, 0.2) is 36.4 Å². The van der Waals surface area contributed by atoms with E-state index in [4.69, 9.17) is 4.74 Å². The normalized spacial score (nSPS) is 10.9. The Kier molecular flexibility index (Phi) is 4.87. The highest BCUT2D eigenvalue weighted by Crippen LogP contribution is 2.32. The molecule has 0 aliphatic rings. The maximum Gasteiger partial charge on any atom is 0.131 e. The van der Waals surface area contributed by atoms with Gasteiger partial charge in [0.25, 0.3) is 0 Å². The number of ether oxygens (including phenoxy) is 1. The van der Waals surface area contributed by atoms with E-state index in [1.165, 1.54) is 16.7 Å². The largest absolute Gasteiger partial charge is 0.457 e. The van der Waals surface area contributed by atoms with Crippen LogP contribution in [0, 0.1) is 13.8 Å². The van der Waals surface area contributed by atoms with Crippen LogP contribution >= 0.6 is 15.9 Å². The van der Waals surface area contributed by atoms with Crippen molar-refractivity contribution in [2.75, 3.05) is 0 Å². The predicted octanol–water partition coefficient (Wildman–Crippen LogP) is 6.11. The number of hydrogen-bond acceptors (Lipinski definition) is 1. The summed E-state index contributed by atoms with van der Waals surface area (Å²) >= 11 is 3.53. The summed E-state index contributed by atoms with van der Waals surface area (Å²) in [6.45, 7) is 8.58. The number of halogens is 1. The molecule has 2 rings (SSSR count). The molecule has 0 amide bonds. The number of alkyl halides is 1. The van der Waals surface area contributed by atoms with Gasteiger partial charge in [-0.15, -0.1) is 0 Å². The Bertz CT molecular complexity index is 602. The van der Waals surface area contributed by atoms with Gasteiger partial charge in [-0.05, 0) is 43.0 Å². The fourth-order valence-corrected chi connectivity index (χ4v) is 2.55. The van der Waals surface area contributed by atoms with E-state index in [2.05, 4.69) is 74.0 Å². The molecule has 0 saturated carbocycles. The van der Waals surface area contributed by atoms with Gasteiger partial charge < -0.3 is 4.74 Å². The Morgan fingerprint density at radius 2 is 1.75 bits per heavy atom. The van der Waals surface area contributed by atoms with Crippen LogP contribution in [-0.2, 0) is 5.33 Å². The monoisotopic (exact) mass is 332 g/mol. The van der Waals surface area contributed by atoms with Crippen molar-refractivity contribution >= 4 is 15.9 Å². The minimum Gasteiger partial charge on any atom is -0.457 e. The molecule has 0 fully saturated rings. The summed E-state index contributed by atoms with van der Waals surface area (Å²) in [5.74, 6) is 2.38. The number of hydrogen-bond donors (Lipinski definition) is 0. The van der Waals surface area contributed by atoms with Crippen LogP contribution in [0.2, 0.25) is 0 Å². The van der Waals surface area contributed by atoms with Crippen molar-refractivity contribution < 1.29 is 4.74 Å². The summed E-state index contributed by atoms with van der Waals surface area (Å²) in [6.07, 6.45) is 0. The van der Waals surface area contributed by atoms with E-state index in [9.17, 15) is 0 Å². The number of benzene rings is 2. The third-order valence-electron chi connectivity index (χ3n) is 3.46. The molecule has 0 N–H and O–H groups in total. The van der Waals surface area contributed by atoms with Gasteiger partial charge in [0, 0.05) is 10.9 Å². The summed E-state index contributed by atoms with van der Waals surface area (Å²) in [5, 5.41) is 0.799. The third kappa shape index (κ3) is 3.43. The molecule has 20 heavy (non-hydrogen) atoms. The van der Waals surface area contributed by atoms with Gasteiger partial charge in [0.2, 0.25) is 0 Å². The first kappa shape index (κ1) is 15.1. The summed E-state index contributed by atoms with van der Waals surface area (Å²) in [5.41, 5.74) is 4.90. The summed E-state index contributed by atoms with van der Waals surface area (Å²) in [7, 11) is 0. The van der Waals surface area contributed by atoms with Gasteiger partial charge >= 0.3 is 0 Å². The number of rotatable bonds is 4. The molecule has 0 aliphatic carbocycles. The predicted molar refractivity (Wildman–Crippen MR) is 89.2 cm³/mol. The van der Waals surface area contributed by atoms with E-state index in [1.807, 2.05) is 6.07 Å². The molecule has 2 aromatic carbocycles. The van der Waals surface area contributed by atoms with E-state index in [0.717, 1.165) is 22.4 Å². The van der Waals surface area contributed by atoms with Gasteiger partial charge in [0.1, 0.15) is 11.5 Å². The molecule has 2 heteroatoms. The lowest BCUT2D eigenvalue weighted by Gasteiger charge is -2.15. The molecule has 0 spiro atoms. The van der Waals surface area contributed by atoms with Crippen molar-refractivity contribution in [3.05, 3.63) is 58.7 Å². The van der Waals surface area contributed by atoms with Crippen molar-refractivity contribution in [2.45, 2.75) is 38.9 Å². The molecular formula is C18H21BrO. The Hall–Kier alpha value is -1.28. The highest BCUT2D eigenvalue weighted by Gasteiger charge is 2.09. The Labute approximate surface area is 130 Å². The minimum atomic E-state index is 0.506. The van der Waals surface area contributed by atoms with E-state index in [0.29, 0.717) is 5.92 Å². The van der Waals surface area contributed by atoms with E-state index >= 15 is 0 Å². The highest BCUT2D eigenvalue weighted by atomic mass is 79.9. The lowest BCUT2D eigenvalue weighted by Crippen LogP contribution is -1.95. The second-order valence-corrected chi connectivity index (χ2v) is 6.09. The van der Waals surface area contributed by atoms with Gasteiger partial charge in [-0.25, -0.2) is 0 Å². The average Bonchev–Trinajstić information content (AvgIpc) is 2.42. The molecule has 0 aromatic heterocycles. The van der Waals surface area contributed by atoms with Crippen molar-refractivity contribution in [3.63, 3.8) is 0 Å². The van der Waals surface area contributed by atoms with Gasteiger partial charge in [0.15, 0.2) is 0 Å². The standard InChI is InChI=1S/C18H21BrO/c1-12(2)15-7-6-14(4)18(10-15)20-17-8-5-13(3)9-16(17)11-19/h5-10,12H,11H2,1-4H3. The molecule has 0 aliphatic heterocycles. The van der Waals surface area contributed by atoms with Gasteiger partial charge in [-0.3, -0.25) is 0 Å². The molecule has 106 valence electrons. The molecule has 0 saturated heterocycles. The minimum absolute atomic E-state index is 0.506. The molecule has 2 aromatic rings. The van der Waals surface area contributed by atoms with Crippen LogP contribution in [0.1, 0.15) is 42.0 Å². The molecule has 0 atom stereocenters. The van der Waals surface area contributed by atoms with Gasteiger partial charge in [0.05, 0.1) is 0 Å². The quantitative estimate of drug-likeness (QED) is 0.613. The van der Waals surface area contributed by atoms with Crippen LogP contribution in [-0.4, -0.2) is 0 Å². The molecule has 0 heterocycles. The second kappa shape index (κ2) is 6.45. The molecule has 0 bridgehead atoms. The van der Waals surface area contributed by atoms with E-state index < -0.39 is 0 Å². The molecule has 1 nitrogen and oxygen atoms in total. The topological polar surface area (TPSA) is 9.23 Å². The average molecular weight is 333 g/mol. The van der Waals surface area contributed by atoms with E-state index in [1.54, 1.807) is 0 Å².